The van der Waals surface area contributed by atoms with Crippen LogP contribution < -0.4 is 0 Å². The summed E-state index contributed by atoms with van der Waals surface area (Å²) in [5.74, 6) is 0. The van der Waals surface area contributed by atoms with E-state index in [0.717, 1.165) is 0 Å². The third kappa shape index (κ3) is 9.75. The molecule has 0 aromatic carbocycles. The van der Waals surface area contributed by atoms with Gasteiger partial charge in [-0.05, 0) is 34.1 Å². The molecule has 35 heavy (non-hydrogen) atoms. The third-order valence-electron chi connectivity index (χ3n) is 6.37. The number of aromatic amines is 2. The van der Waals surface area contributed by atoms with Crippen LogP contribution in [0, 0.1) is 0 Å². The molecular formula is C32H60BaN2. The Balaban J connectivity index is 0.000000642. The Hall–Kier alpha value is 0.131. The summed E-state index contributed by atoms with van der Waals surface area (Å²) in [6.07, 6.45) is 0. The number of nitrogens with one attached hydrogen (secondary N) is 2. The van der Waals surface area contributed by atoms with Gasteiger partial charge in [-0.15, -0.1) is 0 Å². The molecule has 0 aliphatic rings. The monoisotopic (exact) mass is 610 g/mol. The summed E-state index contributed by atoms with van der Waals surface area (Å²) < 4.78 is 0. The predicted octanol–water partition coefficient (Wildman–Crippen LogP) is 8.90. The van der Waals surface area contributed by atoms with Crippen molar-refractivity contribution in [3.8, 4) is 0 Å². The van der Waals surface area contributed by atoms with Crippen LogP contribution in [-0.2, 0) is 32.5 Å². The van der Waals surface area contributed by atoms with E-state index in [1.165, 1.54) is 33.9 Å². The summed E-state index contributed by atoms with van der Waals surface area (Å²) in [4.78, 5) is 7.34. The molecule has 0 aliphatic carbocycles. The first-order valence-electron chi connectivity index (χ1n) is 13.2. The van der Waals surface area contributed by atoms with E-state index in [2.05, 4.69) is 147 Å². The molecule has 0 spiro atoms. The summed E-state index contributed by atoms with van der Waals surface area (Å²) in [5, 5.41) is 0. The summed E-state index contributed by atoms with van der Waals surface area (Å²) in [5.41, 5.74) is 9.46. The molecule has 0 saturated heterocycles. The van der Waals surface area contributed by atoms with Gasteiger partial charge in [-0.1, -0.05) is 125 Å². The molecule has 0 radical (unpaired) electrons. The second kappa shape index (κ2) is 11.1. The van der Waals surface area contributed by atoms with Gasteiger partial charge in [0.25, 0.3) is 0 Å². The Morgan fingerprint density at radius 3 is 0.714 bits per heavy atom. The molecule has 2 heterocycles. The molecule has 0 unspecified atom stereocenters. The van der Waals surface area contributed by atoms with Crippen molar-refractivity contribution >= 4 is 48.9 Å². The van der Waals surface area contributed by atoms with Gasteiger partial charge in [0, 0.05) is 44.4 Å². The van der Waals surface area contributed by atoms with Crippen LogP contribution >= 0.6 is 0 Å². The predicted molar refractivity (Wildman–Crippen MR) is 162 cm³/mol. The van der Waals surface area contributed by atoms with E-state index in [0.29, 0.717) is 0 Å². The van der Waals surface area contributed by atoms with E-state index in [9.17, 15) is 0 Å². The fourth-order valence-electron chi connectivity index (χ4n) is 4.08. The fraction of sp³-hybridized carbons (Fsp3) is 0.750. The Kier molecular flexibility index (Phi) is 11.1. The van der Waals surface area contributed by atoms with E-state index < -0.39 is 0 Å². The van der Waals surface area contributed by atoms with Gasteiger partial charge in [0.15, 0.2) is 0 Å². The van der Waals surface area contributed by atoms with Gasteiger partial charge < -0.3 is 9.97 Å². The minimum atomic E-state index is 0. The third-order valence-corrected chi connectivity index (χ3v) is 6.37. The van der Waals surface area contributed by atoms with E-state index in [-0.39, 0.29) is 81.4 Å². The van der Waals surface area contributed by atoms with Gasteiger partial charge in [0.05, 0.1) is 0 Å². The topological polar surface area (TPSA) is 31.6 Å². The average Bonchev–Trinajstić information content (AvgIpc) is 3.18. The fourth-order valence-corrected chi connectivity index (χ4v) is 4.08. The van der Waals surface area contributed by atoms with Crippen LogP contribution in [0.15, 0.2) is 12.1 Å². The molecular weight excluding hydrogens is 550 g/mol. The summed E-state index contributed by atoms with van der Waals surface area (Å²) in [7, 11) is 0. The zero-order valence-corrected chi connectivity index (χ0v) is 26.2. The molecule has 0 saturated carbocycles. The van der Waals surface area contributed by atoms with Gasteiger partial charge in [0.1, 0.15) is 0 Å². The van der Waals surface area contributed by atoms with Crippen molar-refractivity contribution in [1.82, 2.24) is 9.97 Å². The zero-order chi connectivity index (χ0) is 27.3. The molecule has 2 aromatic heterocycles. The molecule has 2 nitrogen and oxygen atoms in total. The number of rotatable bonds is 0. The summed E-state index contributed by atoms with van der Waals surface area (Å²) in [6.45, 7) is 41.0. The number of aromatic nitrogens is 2. The number of H-pyrrole nitrogens is 2. The van der Waals surface area contributed by atoms with Gasteiger partial charge in [-0.3, -0.25) is 0 Å². The molecule has 2 aromatic rings. The van der Waals surface area contributed by atoms with E-state index in [4.69, 9.17) is 0 Å². The van der Waals surface area contributed by atoms with Crippen LogP contribution in [-0.4, -0.2) is 58.8 Å². The van der Waals surface area contributed by atoms with E-state index >= 15 is 0 Å². The van der Waals surface area contributed by atoms with Crippen molar-refractivity contribution in [2.24, 2.45) is 0 Å². The number of hydrogen-bond donors (Lipinski definition) is 2. The molecule has 200 valence electrons. The first kappa shape index (κ1) is 35.1. The Bertz CT molecular complexity index is 801. The van der Waals surface area contributed by atoms with Crippen molar-refractivity contribution < 1.29 is 0 Å². The molecule has 0 atom stereocenters. The number of hydrogen-bond acceptors (Lipinski definition) is 0. The van der Waals surface area contributed by atoms with Crippen molar-refractivity contribution in [1.29, 1.82) is 0 Å². The van der Waals surface area contributed by atoms with Crippen LogP contribution in [0.2, 0.25) is 0 Å². The van der Waals surface area contributed by atoms with Crippen molar-refractivity contribution in [2.45, 2.75) is 157 Å². The average molecular weight is 610 g/mol. The van der Waals surface area contributed by atoms with Crippen molar-refractivity contribution in [2.75, 3.05) is 0 Å². The molecule has 0 aliphatic heterocycles. The van der Waals surface area contributed by atoms with Crippen molar-refractivity contribution in [3.63, 3.8) is 0 Å². The molecule has 0 amide bonds. The molecule has 2 rings (SSSR count). The Morgan fingerprint density at radius 1 is 0.371 bits per heavy atom. The Labute approximate surface area is 259 Å². The van der Waals surface area contributed by atoms with Crippen LogP contribution in [0.3, 0.4) is 0 Å². The minimum absolute atomic E-state index is 0. The van der Waals surface area contributed by atoms with Crippen LogP contribution in [0.25, 0.3) is 0 Å². The summed E-state index contributed by atoms with van der Waals surface area (Å²) >= 11 is 0. The molecule has 2 N–H and O–H groups in total. The van der Waals surface area contributed by atoms with Crippen LogP contribution in [0.5, 0.6) is 0 Å². The Morgan fingerprint density at radius 2 is 0.600 bits per heavy atom. The van der Waals surface area contributed by atoms with Crippen molar-refractivity contribution in [3.05, 3.63) is 46.0 Å². The maximum absolute atomic E-state index is 3.67. The molecule has 3 heteroatoms. The molecule has 0 fully saturated rings. The maximum atomic E-state index is 3.67. The standard InChI is InChI=1S/2C16H29N.Ba.2H/c2*1-14(2,3)11-10-12(15(4,5)6)17-13(11)16(7,8)9;;;/h2*10,17H,1-9H3;;;. The van der Waals surface area contributed by atoms with E-state index in [1.807, 2.05) is 0 Å². The first-order chi connectivity index (χ1) is 14.7. The molecule has 0 bridgehead atoms. The zero-order valence-electron chi connectivity index (χ0n) is 26.2. The van der Waals surface area contributed by atoms with Gasteiger partial charge >= 0.3 is 48.9 Å². The van der Waals surface area contributed by atoms with Gasteiger partial charge in [0.2, 0.25) is 0 Å². The summed E-state index contributed by atoms with van der Waals surface area (Å²) in [6, 6.07) is 4.72. The quantitative estimate of drug-likeness (QED) is 0.280. The first-order valence-corrected chi connectivity index (χ1v) is 13.2. The van der Waals surface area contributed by atoms with Gasteiger partial charge in [-0.2, -0.15) is 0 Å². The van der Waals surface area contributed by atoms with Gasteiger partial charge in [-0.25, -0.2) is 0 Å². The van der Waals surface area contributed by atoms with Crippen LogP contribution in [0.4, 0.5) is 0 Å². The van der Waals surface area contributed by atoms with Crippen LogP contribution in [0.1, 0.15) is 159 Å². The SMILES string of the molecule is CC(C)(C)c1cc(C(C)(C)C)c(C(C)(C)C)[nH]1.CC(C)(C)c1cc(C(C)(C)C)c(C(C)(C)C)[nH]1.[BaH2]. The normalized spacial score (nSPS) is 13.8. The second-order valence-electron chi connectivity index (χ2n) is 16.4. The van der Waals surface area contributed by atoms with E-state index in [1.54, 1.807) is 0 Å². The second-order valence-corrected chi connectivity index (χ2v) is 16.4.